The summed E-state index contributed by atoms with van der Waals surface area (Å²) in [4.78, 5) is 30.0. The summed E-state index contributed by atoms with van der Waals surface area (Å²) in [6.45, 7) is 8.43. The maximum absolute atomic E-state index is 14.8. The highest BCUT2D eigenvalue weighted by atomic mass is 19.1. The Kier molecular flexibility index (Phi) is 6.46. The van der Waals surface area contributed by atoms with E-state index in [-0.39, 0.29) is 23.5 Å². The van der Waals surface area contributed by atoms with E-state index in [1.165, 1.54) is 0 Å². The Hall–Kier alpha value is -3.96. The standard InChI is InChI=1S/C27H30FN9O/c1-17(2)21-15-32-37-8-5-18(11-23(21)37)26-22(28)16-31-27(34-26)33-24-4-3-19(14-30-24)36-10-9-35(7-6-25(36)38)20-12-29-13-20/h3-5,8,11,14-17,20,29H,6-7,9-10,12-13H2,1-2H3,(H,30,31,33,34). The third kappa shape index (κ3) is 4.70. The van der Waals surface area contributed by atoms with Crippen molar-refractivity contribution in [3.8, 4) is 11.3 Å². The Morgan fingerprint density at radius 2 is 1.95 bits per heavy atom. The lowest BCUT2D eigenvalue weighted by atomic mass is 10.0. The van der Waals surface area contributed by atoms with E-state index in [2.05, 4.69) is 49.4 Å². The number of fused-ring (bicyclic) bond motifs is 1. The molecule has 11 heteroatoms. The van der Waals surface area contributed by atoms with Crippen LogP contribution in [0.2, 0.25) is 0 Å². The Morgan fingerprint density at radius 1 is 1.08 bits per heavy atom. The van der Waals surface area contributed by atoms with Crippen LogP contribution in [0.4, 0.5) is 21.8 Å². The summed E-state index contributed by atoms with van der Waals surface area (Å²) in [5, 5.41) is 10.7. The van der Waals surface area contributed by atoms with Crippen molar-refractivity contribution < 1.29 is 9.18 Å². The van der Waals surface area contributed by atoms with E-state index in [9.17, 15) is 9.18 Å². The normalized spacial score (nSPS) is 17.2. The summed E-state index contributed by atoms with van der Waals surface area (Å²) in [7, 11) is 0. The zero-order valence-corrected chi connectivity index (χ0v) is 21.4. The van der Waals surface area contributed by atoms with Crippen LogP contribution in [-0.2, 0) is 4.79 Å². The minimum Gasteiger partial charge on any atom is -0.314 e. The van der Waals surface area contributed by atoms with Crippen molar-refractivity contribution in [3.63, 3.8) is 0 Å². The second-order valence-corrected chi connectivity index (χ2v) is 10.1. The zero-order chi connectivity index (χ0) is 26.2. The molecule has 2 aliphatic heterocycles. The summed E-state index contributed by atoms with van der Waals surface area (Å²) in [5.41, 5.74) is 3.58. The molecule has 2 fully saturated rings. The van der Waals surface area contributed by atoms with Crippen LogP contribution in [0.5, 0.6) is 0 Å². The SMILES string of the molecule is CC(C)c1cnn2ccc(-c3nc(Nc4ccc(N5CCN(C6CNC6)CCC5=O)cn4)ncc3F)cc12. The van der Waals surface area contributed by atoms with Crippen LogP contribution in [0.1, 0.15) is 31.7 Å². The number of carbonyl (C=O) groups excluding carboxylic acids is 1. The van der Waals surface area contributed by atoms with Gasteiger partial charge in [-0.2, -0.15) is 5.10 Å². The second kappa shape index (κ2) is 10.1. The second-order valence-electron chi connectivity index (χ2n) is 10.1. The fourth-order valence-corrected chi connectivity index (χ4v) is 4.96. The average Bonchev–Trinajstić information content (AvgIpc) is 3.23. The van der Waals surface area contributed by atoms with Gasteiger partial charge in [-0.15, -0.1) is 0 Å². The summed E-state index contributed by atoms with van der Waals surface area (Å²) < 4.78 is 16.6. The van der Waals surface area contributed by atoms with E-state index in [4.69, 9.17) is 0 Å². The third-order valence-corrected chi connectivity index (χ3v) is 7.29. The maximum atomic E-state index is 14.8. The summed E-state index contributed by atoms with van der Waals surface area (Å²) in [5.74, 6) is 0.608. The van der Waals surface area contributed by atoms with Gasteiger partial charge in [-0.3, -0.25) is 9.69 Å². The Morgan fingerprint density at radius 3 is 2.68 bits per heavy atom. The quantitative estimate of drug-likeness (QED) is 0.404. The number of hydrogen-bond donors (Lipinski definition) is 2. The zero-order valence-electron chi connectivity index (χ0n) is 21.4. The monoisotopic (exact) mass is 515 g/mol. The topological polar surface area (TPSA) is 104 Å². The Balaban J connectivity index is 1.19. The first kappa shape index (κ1) is 24.4. The van der Waals surface area contributed by atoms with Gasteiger partial charge in [-0.05, 0) is 30.2 Å². The summed E-state index contributed by atoms with van der Waals surface area (Å²) in [6.07, 6.45) is 6.96. The number of aromatic nitrogens is 5. The Bertz CT molecular complexity index is 1470. The number of pyridine rings is 2. The molecule has 2 aliphatic rings. The maximum Gasteiger partial charge on any atom is 0.229 e. The number of rotatable bonds is 6. The van der Waals surface area contributed by atoms with E-state index in [0.717, 1.165) is 49.1 Å². The molecule has 196 valence electrons. The molecule has 6 rings (SSSR count). The fourth-order valence-electron chi connectivity index (χ4n) is 4.96. The number of nitrogens with zero attached hydrogens (tertiary/aromatic N) is 7. The van der Waals surface area contributed by atoms with Crippen LogP contribution < -0.4 is 15.5 Å². The van der Waals surface area contributed by atoms with Crippen molar-refractivity contribution in [3.05, 3.63) is 60.4 Å². The highest BCUT2D eigenvalue weighted by Crippen LogP contribution is 2.27. The lowest BCUT2D eigenvalue weighted by Gasteiger charge is -2.37. The highest BCUT2D eigenvalue weighted by Gasteiger charge is 2.29. The van der Waals surface area contributed by atoms with Gasteiger partial charge in [-0.1, -0.05) is 13.8 Å². The van der Waals surface area contributed by atoms with Crippen molar-refractivity contribution in [2.75, 3.05) is 42.9 Å². The number of amides is 1. The largest absolute Gasteiger partial charge is 0.314 e. The lowest BCUT2D eigenvalue weighted by Crippen LogP contribution is -2.57. The molecule has 0 unspecified atom stereocenters. The molecule has 1 amide bonds. The molecule has 0 aromatic carbocycles. The molecule has 0 atom stereocenters. The average molecular weight is 516 g/mol. The smallest absolute Gasteiger partial charge is 0.229 e. The van der Waals surface area contributed by atoms with Crippen molar-refractivity contribution in [2.24, 2.45) is 0 Å². The molecule has 10 nitrogen and oxygen atoms in total. The van der Waals surface area contributed by atoms with E-state index >= 15 is 0 Å². The first-order valence-corrected chi connectivity index (χ1v) is 12.9. The number of carbonyl (C=O) groups is 1. The molecule has 0 spiro atoms. The third-order valence-electron chi connectivity index (χ3n) is 7.29. The molecule has 2 saturated heterocycles. The number of anilines is 3. The molecule has 38 heavy (non-hydrogen) atoms. The molecule has 4 aromatic rings. The molecule has 0 saturated carbocycles. The van der Waals surface area contributed by atoms with Crippen LogP contribution in [0.3, 0.4) is 0 Å². The molecular formula is C27H30FN9O. The molecule has 0 bridgehead atoms. The van der Waals surface area contributed by atoms with Gasteiger partial charge in [0.25, 0.3) is 0 Å². The van der Waals surface area contributed by atoms with Gasteiger partial charge in [0.05, 0.1) is 29.8 Å². The van der Waals surface area contributed by atoms with E-state index < -0.39 is 5.82 Å². The van der Waals surface area contributed by atoms with Crippen molar-refractivity contribution in [1.29, 1.82) is 0 Å². The predicted molar refractivity (Wildman–Crippen MR) is 143 cm³/mol. The lowest BCUT2D eigenvalue weighted by molar-refractivity contribution is -0.118. The molecule has 0 radical (unpaired) electrons. The van der Waals surface area contributed by atoms with Gasteiger partial charge < -0.3 is 15.5 Å². The van der Waals surface area contributed by atoms with Crippen LogP contribution >= 0.6 is 0 Å². The van der Waals surface area contributed by atoms with Crippen molar-refractivity contribution in [2.45, 2.75) is 32.2 Å². The summed E-state index contributed by atoms with van der Waals surface area (Å²) in [6, 6.07) is 7.84. The molecular weight excluding hydrogens is 485 g/mol. The van der Waals surface area contributed by atoms with Crippen LogP contribution in [0, 0.1) is 5.82 Å². The first-order valence-electron chi connectivity index (χ1n) is 12.9. The first-order chi connectivity index (χ1) is 18.5. The van der Waals surface area contributed by atoms with Crippen LogP contribution in [-0.4, -0.2) is 74.1 Å². The van der Waals surface area contributed by atoms with Crippen molar-refractivity contribution >= 4 is 28.9 Å². The van der Waals surface area contributed by atoms with Gasteiger partial charge in [0.15, 0.2) is 5.82 Å². The summed E-state index contributed by atoms with van der Waals surface area (Å²) >= 11 is 0. The van der Waals surface area contributed by atoms with E-state index in [0.29, 0.717) is 30.4 Å². The molecule has 2 N–H and O–H groups in total. The number of nitrogens with one attached hydrogen (secondary N) is 2. The highest BCUT2D eigenvalue weighted by molar-refractivity contribution is 5.93. The minimum atomic E-state index is -0.514. The van der Waals surface area contributed by atoms with E-state index in [1.54, 1.807) is 33.9 Å². The van der Waals surface area contributed by atoms with Gasteiger partial charge in [-0.25, -0.2) is 23.9 Å². The number of hydrogen-bond acceptors (Lipinski definition) is 8. The van der Waals surface area contributed by atoms with E-state index in [1.807, 2.05) is 18.3 Å². The Labute approximate surface area is 219 Å². The van der Waals surface area contributed by atoms with Crippen LogP contribution in [0.25, 0.3) is 16.8 Å². The molecule has 4 aromatic heterocycles. The minimum absolute atomic E-state index is 0.101. The number of halogens is 1. The van der Waals surface area contributed by atoms with Gasteiger partial charge >= 0.3 is 0 Å². The molecule has 0 aliphatic carbocycles. The van der Waals surface area contributed by atoms with Gasteiger partial charge in [0.1, 0.15) is 11.5 Å². The van der Waals surface area contributed by atoms with Crippen molar-refractivity contribution in [1.82, 2.24) is 34.8 Å². The molecule has 6 heterocycles. The van der Waals surface area contributed by atoms with Gasteiger partial charge in [0, 0.05) is 62.5 Å². The fraction of sp³-hybridized carbons (Fsp3) is 0.370. The van der Waals surface area contributed by atoms with Crippen LogP contribution in [0.15, 0.2) is 49.1 Å². The van der Waals surface area contributed by atoms with Gasteiger partial charge in [0.2, 0.25) is 11.9 Å². The predicted octanol–water partition coefficient (Wildman–Crippen LogP) is 3.20.